The largest absolute Gasteiger partial charge is 0.335 e. The Morgan fingerprint density at radius 2 is 1.74 bits per heavy atom. The van der Waals surface area contributed by atoms with Crippen molar-refractivity contribution in [3.63, 3.8) is 0 Å². The summed E-state index contributed by atoms with van der Waals surface area (Å²) in [6.45, 7) is 3.01. The van der Waals surface area contributed by atoms with E-state index >= 15 is 0 Å². The molecule has 0 bridgehead atoms. The van der Waals surface area contributed by atoms with Gasteiger partial charge in [0.25, 0.3) is 5.91 Å². The van der Waals surface area contributed by atoms with Crippen LogP contribution < -0.4 is 10.2 Å². The van der Waals surface area contributed by atoms with Crippen molar-refractivity contribution >= 4 is 29.3 Å². The van der Waals surface area contributed by atoms with E-state index < -0.39 is 29.5 Å². The Labute approximate surface area is 109 Å². The maximum absolute atomic E-state index is 12.1. The predicted molar refractivity (Wildman–Crippen MR) is 66.4 cm³/mol. The highest BCUT2D eigenvalue weighted by molar-refractivity contribution is 6.34. The lowest BCUT2D eigenvalue weighted by atomic mass is 10.00. The minimum Gasteiger partial charge on any atom is -0.299 e. The number of Topliss-reactive ketones (excluding diaryl/α,β-unsaturated/α-hetero) is 1. The normalized spacial score (nSPS) is 19.4. The van der Waals surface area contributed by atoms with E-state index in [1.165, 1.54) is 0 Å². The molecule has 1 saturated heterocycles. The first kappa shape index (κ1) is 12.9. The smallest absolute Gasteiger partial charge is 0.299 e. The van der Waals surface area contributed by atoms with Crippen molar-refractivity contribution in [3.8, 4) is 0 Å². The quantitative estimate of drug-likeness (QED) is 0.796. The van der Waals surface area contributed by atoms with Gasteiger partial charge in [0.15, 0.2) is 11.7 Å². The van der Waals surface area contributed by atoms with Gasteiger partial charge in [0, 0.05) is 0 Å². The number of rotatable bonds is 2. The molecule has 98 valence electrons. The molecule has 2 rings (SSSR count). The van der Waals surface area contributed by atoms with Crippen molar-refractivity contribution < 1.29 is 19.2 Å². The number of nitrogens with one attached hydrogen (secondary N) is 1. The van der Waals surface area contributed by atoms with Crippen LogP contribution in [0, 0.1) is 12.8 Å². The minimum atomic E-state index is -1.46. The van der Waals surface area contributed by atoms with Crippen LogP contribution in [0.1, 0.15) is 12.5 Å². The van der Waals surface area contributed by atoms with E-state index in [9.17, 15) is 19.2 Å². The molecule has 1 heterocycles. The molecule has 0 aliphatic carbocycles. The average Bonchev–Trinajstić information content (AvgIpc) is 2.30. The number of hydrogen-bond acceptors (Lipinski definition) is 4. The van der Waals surface area contributed by atoms with E-state index in [1.807, 2.05) is 12.2 Å². The number of carbonyl (C=O) groups is 4. The third kappa shape index (κ3) is 2.24. The van der Waals surface area contributed by atoms with Crippen LogP contribution in [0.4, 0.5) is 10.5 Å². The summed E-state index contributed by atoms with van der Waals surface area (Å²) in [5.74, 6) is -3.73. The zero-order chi connectivity index (χ0) is 14.2. The molecular formula is C13H12N2O4. The summed E-state index contributed by atoms with van der Waals surface area (Å²) in [5, 5.41) is 2.01. The van der Waals surface area contributed by atoms with Gasteiger partial charge in [0.05, 0.1) is 5.69 Å². The van der Waals surface area contributed by atoms with Crippen molar-refractivity contribution in [2.24, 2.45) is 5.92 Å². The highest BCUT2D eigenvalue weighted by Crippen LogP contribution is 2.21. The predicted octanol–water partition coefficient (Wildman–Crippen LogP) is 0.783. The van der Waals surface area contributed by atoms with E-state index in [0.29, 0.717) is 5.69 Å². The van der Waals surface area contributed by atoms with Crippen LogP contribution in [0.2, 0.25) is 0 Å². The second-order valence-corrected chi connectivity index (χ2v) is 4.35. The van der Waals surface area contributed by atoms with Crippen LogP contribution >= 0.6 is 0 Å². The fourth-order valence-corrected chi connectivity index (χ4v) is 1.87. The molecular weight excluding hydrogens is 248 g/mol. The minimum absolute atomic E-state index is 0.326. The molecule has 19 heavy (non-hydrogen) atoms. The second-order valence-electron chi connectivity index (χ2n) is 4.35. The van der Waals surface area contributed by atoms with Gasteiger partial charge >= 0.3 is 6.03 Å². The molecule has 1 aromatic rings. The highest BCUT2D eigenvalue weighted by atomic mass is 16.2. The molecule has 1 aliphatic heterocycles. The molecule has 1 atom stereocenters. The van der Waals surface area contributed by atoms with E-state index in [4.69, 9.17) is 0 Å². The lowest BCUT2D eigenvalue weighted by molar-refractivity contribution is -0.140. The van der Waals surface area contributed by atoms with Crippen molar-refractivity contribution in [2.45, 2.75) is 13.8 Å². The first-order valence-corrected chi connectivity index (χ1v) is 5.67. The van der Waals surface area contributed by atoms with Crippen molar-refractivity contribution in [1.29, 1.82) is 0 Å². The average molecular weight is 260 g/mol. The number of aryl methyl sites for hydroxylation is 1. The molecule has 0 spiro atoms. The zero-order valence-electron chi connectivity index (χ0n) is 10.5. The second kappa shape index (κ2) is 4.64. The van der Waals surface area contributed by atoms with Gasteiger partial charge in [-0.3, -0.25) is 19.7 Å². The number of carbonyl (C=O) groups excluding carboxylic acids is 4. The fraction of sp³-hybridized carbons (Fsp3) is 0.231. The van der Waals surface area contributed by atoms with Gasteiger partial charge in [0.1, 0.15) is 0 Å². The van der Waals surface area contributed by atoms with Gasteiger partial charge in [-0.25, -0.2) is 9.69 Å². The van der Waals surface area contributed by atoms with E-state index in [-0.39, 0.29) is 0 Å². The third-order valence-electron chi connectivity index (χ3n) is 2.86. The Hall–Kier alpha value is -2.50. The van der Waals surface area contributed by atoms with Gasteiger partial charge in [-0.2, -0.15) is 0 Å². The highest BCUT2D eigenvalue weighted by Gasteiger charge is 2.43. The Morgan fingerprint density at radius 1 is 1.16 bits per heavy atom. The molecule has 0 radical (unpaired) electrons. The Bertz CT molecular complexity index is 577. The standard InChI is InChI=1S/C13H12N2O4/c1-7-3-5-9(6-4-7)15-12(18)10(8(2)16)11(17)14-13(15)19/h3-6,10H,1-2H3,(H,14,17,19)/t10-/m1/s1. The first-order chi connectivity index (χ1) is 8.91. The molecule has 1 fully saturated rings. The molecule has 1 aliphatic rings. The van der Waals surface area contributed by atoms with Gasteiger partial charge < -0.3 is 0 Å². The van der Waals surface area contributed by atoms with Crippen LogP contribution in [0.15, 0.2) is 24.3 Å². The van der Waals surface area contributed by atoms with Gasteiger partial charge in [-0.15, -0.1) is 0 Å². The third-order valence-corrected chi connectivity index (χ3v) is 2.86. The number of ketones is 1. The fourth-order valence-electron chi connectivity index (χ4n) is 1.87. The molecule has 0 saturated carbocycles. The van der Waals surface area contributed by atoms with Crippen LogP contribution in [0.5, 0.6) is 0 Å². The lowest BCUT2D eigenvalue weighted by Crippen LogP contribution is -2.59. The van der Waals surface area contributed by atoms with Crippen LogP contribution in [0.25, 0.3) is 0 Å². The van der Waals surface area contributed by atoms with Crippen LogP contribution in [-0.4, -0.2) is 23.6 Å². The number of urea groups is 1. The topological polar surface area (TPSA) is 83.6 Å². The molecule has 1 N–H and O–H groups in total. The van der Waals surface area contributed by atoms with Gasteiger partial charge in [0.2, 0.25) is 5.91 Å². The molecule has 1 aromatic carbocycles. The Balaban J connectivity index is 2.41. The number of anilines is 1. The van der Waals surface area contributed by atoms with E-state index in [1.54, 1.807) is 24.3 Å². The van der Waals surface area contributed by atoms with Crippen LogP contribution in [-0.2, 0) is 14.4 Å². The summed E-state index contributed by atoms with van der Waals surface area (Å²) in [5.41, 5.74) is 1.29. The number of amides is 4. The van der Waals surface area contributed by atoms with Crippen molar-refractivity contribution in [2.75, 3.05) is 4.90 Å². The maximum atomic E-state index is 12.1. The zero-order valence-corrected chi connectivity index (χ0v) is 10.5. The molecule has 4 amide bonds. The number of barbiturate groups is 1. The SMILES string of the molecule is CC(=O)[C@@H]1C(=O)NC(=O)N(c2ccc(C)cc2)C1=O. The monoisotopic (exact) mass is 260 g/mol. The summed E-state index contributed by atoms with van der Waals surface area (Å²) < 4.78 is 0. The van der Waals surface area contributed by atoms with Gasteiger partial charge in [-0.05, 0) is 26.0 Å². The lowest BCUT2D eigenvalue weighted by Gasteiger charge is -2.28. The molecule has 0 aromatic heterocycles. The summed E-state index contributed by atoms with van der Waals surface area (Å²) in [6, 6.07) is 5.79. The van der Waals surface area contributed by atoms with Crippen molar-refractivity contribution in [1.82, 2.24) is 5.32 Å². The molecule has 6 heteroatoms. The Kier molecular flexibility index (Phi) is 3.16. The maximum Gasteiger partial charge on any atom is 0.335 e. The summed E-state index contributed by atoms with van der Waals surface area (Å²) in [7, 11) is 0. The van der Waals surface area contributed by atoms with Gasteiger partial charge in [-0.1, -0.05) is 17.7 Å². The van der Waals surface area contributed by atoms with E-state index in [0.717, 1.165) is 17.4 Å². The van der Waals surface area contributed by atoms with E-state index in [2.05, 4.69) is 0 Å². The molecule has 6 nitrogen and oxygen atoms in total. The summed E-state index contributed by atoms with van der Waals surface area (Å²) in [4.78, 5) is 47.5. The summed E-state index contributed by atoms with van der Waals surface area (Å²) in [6.07, 6.45) is 0. The first-order valence-electron chi connectivity index (χ1n) is 5.67. The number of benzene rings is 1. The van der Waals surface area contributed by atoms with Crippen molar-refractivity contribution in [3.05, 3.63) is 29.8 Å². The van der Waals surface area contributed by atoms with Crippen LogP contribution in [0.3, 0.4) is 0 Å². The molecule has 0 unspecified atom stereocenters. The number of nitrogens with zero attached hydrogens (tertiary/aromatic N) is 1. The summed E-state index contributed by atoms with van der Waals surface area (Å²) >= 11 is 0. The Morgan fingerprint density at radius 3 is 2.26 bits per heavy atom. The number of hydrogen-bond donors (Lipinski definition) is 1. The number of imide groups is 2.